The average molecular weight is 211 g/mol. The molecule has 0 N–H and O–H groups in total. The second-order valence-electron chi connectivity index (χ2n) is 3.17. The lowest BCUT2D eigenvalue weighted by Gasteiger charge is -2.00. The maximum Gasteiger partial charge on any atom is 0.0616 e. The zero-order valence-electron chi connectivity index (χ0n) is 7.73. The number of hydrogen-bond acceptors (Lipinski definition) is 1. The van der Waals surface area contributed by atoms with Crippen LogP contribution in [0.15, 0.2) is 18.2 Å². The first-order valence-corrected chi connectivity index (χ1v) is 5.59. The Morgan fingerprint density at radius 1 is 1.38 bits per heavy atom. The molecule has 0 spiro atoms. The molecule has 1 heterocycles. The minimum absolute atomic E-state index is 0.943. The van der Waals surface area contributed by atoms with E-state index in [1.165, 1.54) is 20.5 Å². The summed E-state index contributed by atoms with van der Waals surface area (Å²) in [5, 5.41) is 2.21. The van der Waals surface area contributed by atoms with Gasteiger partial charge >= 0.3 is 0 Å². The van der Waals surface area contributed by atoms with Crippen LogP contribution in [0.1, 0.15) is 17.4 Å². The Balaban J connectivity index is 2.78. The van der Waals surface area contributed by atoms with Gasteiger partial charge in [0.05, 0.1) is 9.72 Å². The van der Waals surface area contributed by atoms with Crippen LogP contribution in [0.25, 0.3) is 10.1 Å². The van der Waals surface area contributed by atoms with Crippen LogP contribution in [0.5, 0.6) is 0 Å². The third kappa shape index (κ3) is 1.47. The van der Waals surface area contributed by atoms with E-state index in [-0.39, 0.29) is 0 Å². The number of thiophene rings is 1. The van der Waals surface area contributed by atoms with Crippen LogP contribution in [-0.2, 0) is 6.42 Å². The molecule has 13 heavy (non-hydrogen) atoms. The highest BCUT2D eigenvalue weighted by Crippen LogP contribution is 2.33. The van der Waals surface area contributed by atoms with Gasteiger partial charge in [-0.1, -0.05) is 30.7 Å². The van der Waals surface area contributed by atoms with Crippen LogP contribution in [0.4, 0.5) is 0 Å². The van der Waals surface area contributed by atoms with Gasteiger partial charge in [-0.15, -0.1) is 11.3 Å². The van der Waals surface area contributed by atoms with E-state index in [4.69, 9.17) is 11.6 Å². The van der Waals surface area contributed by atoms with Gasteiger partial charge in [0, 0.05) is 4.88 Å². The molecule has 0 aliphatic carbocycles. The highest BCUT2D eigenvalue weighted by molar-refractivity contribution is 7.19. The van der Waals surface area contributed by atoms with E-state index in [9.17, 15) is 0 Å². The Morgan fingerprint density at radius 3 is 2.85 bits per heavy atom. The normalized spacial score (nSPS) is 11.0. The fourth-order valence-electron chi connectivity index (χ4n) is 1.51. The molecular formula is C11H11ClS. The molecule has 0 unspecified atom stereocenters. The zero-order valence-corrected chi connectivity index (χ0v) is 9.30. The summed E-state index contributed by atoms with van der Waals surface area (Å²) >= 11 is 8.04. The van der Waals surface area contributed by atoms with E-state index >= 15 is 0 Å². The monoisotopic (exact) mass is 210 g/mol. The SMILES string of the molecule is CCc1ccc2cc(C)sc2c1Cl. The predicted molar refractivity (Wildman–Crippen MR) is 61.0 cm³/mol. The Kier molecular flexibility index (Phi) is 2.31. The lowest BCUT2D eigenvalue weighted by Crippen LogP contribution is -1.80. The third-order valence-corrected chi connectivity index (χ3v) is 3.84. The van der Waals surface area contributed by atoms with Gasteiger partial charge in [-0.3, -0.25) is 0 Å². The van der Waals surface area contributed by atoms with Crippen molar-refractivity contribution in [1.82, 2.24) is 0 Å². The topological polar surface area (TPSA) is 0 Å². The minimum Gasteiger partial charge on any atom is -0.139 e. The molecule has 0 aliphatic rings. The average Bonchev–Trinajstić information content (AvgIpc) is 2.47. The molecule has 68 valence electrons. The van der Waals surface area contributed by atoms with Crippen molar-refractivity contribution >= 4 is 33.0 Å². The summed E-state index contributed by atoms with van der Waals surface area (Å²) in [5.74, 6) is 0. The number of halogens is 1. The summed E-state index contributed by atoms with van der Waals surface area (Å²) in [4.78, 5) is 1.32. The summed E-state index contributed by atoms with van der Waals surface area (Å²) < 4.78 is 1.23. The number of benzene rings is 1. The zero-order chi connectivity index (χ0) is 9.42. The maximum absolute atomic E-state index is 6.27. The van der Waals surface area contributed by atoms with Gasteiger partial charge in [0.2, 0.25) is 0 Å². The fraction of sp³-hybridized carbons (Fsp3) is 0.273. The second kappa shape index (κ2) is 3.32. The van der Waals surface area contributed by atoms with Crippen LogP contribution in [-0.4, -0.2) is 0 Å². The summed E-state index contributed by atoms with van der Waals surface area (Å²) in [6.45, 7) is 4.25. The molecule has 0 saturated carbocycles. The van der Waals surface area contributed by atoms with Crippen LogP contribution in [0.2, 0.25) is 5.02 Å². The Bertz CT molecular complexity index is 443. The summed E-state index contributed by atoms with van der Waals surface area (Å²) in [6, 6.07) is 6.46. The van der Waals surface area contributed by atoms with Crippen molar-refractivity contribution in [2.45, 2.75) is 20.3 Å². The molecule has 0 nitrogen and oxygen atoms in total. The van der Waals surface area contributed by atoms with Crippen molar-refractivity contribution in [3.63, 3.8) is 0 Å². The van der Waals surface area contributed by atoms with Crippen LogP contribution >= 0.6 is 22.9 Å². The number of aryl methyl sites for hydroxylation is 2. The van der Waals surface area contributed by atoms with Crippen molar-refractivity contribution in [1.29, 1.82) is 0 Å². The van der Waals surface area contributed by atoms with E-state index in [0.29, 0.717) is 0 Å². The lowest BCUT2D eigenvalue weighted by molar-refractivity contribution is 1.15. The molecule has 0 amide bonds. The van der Waals surface area contributed by atoms with Gasteiger partial charge in [0.25, 0.3) is 0 Å². The molecule has 0 saturated heterocycles. The maximum atomic E-state index is 6.27. The summed E-state index contributed by atoms with van der Waals surface area (Å²) in [5.41, 5.74) is 1.25. The fourth-order valence-corrected chi connectivity index (χ4v) is 2.91. The first-order chi connectivity index (χ1) is 6.22. The van der Waals surface area contributed by atoms with Crippen LogP contribution in [0.3, 0.4) is 0 Å². The molecule has 0 atom stereocenters. The van der Waals surface area contributed by atoms with Gasteiger partial charge in [0.15, 0.2) is 0 Å². The van der Waals surface area contributed by atoms with Gasteiger partial charge in [-0.25, -0.2) is 0 Å². The van der Waals surface area contributed by atoms with Crippen molar-refractivity contribution in [3.8, 4) is 0 Å². The molecule has 1 aromatic carbocycles. The van der Waals surface area contributed by atoms with Crippen molar-refractivity contribution < 1.29 is 0 Å². The predicted octanol–water partition coefficient (Wildman–Crippen LogP) is 4.43. The first kappa shape index (κ1) is 9.04. The number of hydrogen-bond donors (Lipinski definition) is 0. The highest BCUT2D eigenvalue weighted by atomic mass is 35.5. The largest absolute Gasteiger partial charge is 0.139 e. The first-order valence-electron chi connectivity index (χ1n) is 4.40. The Morgan fingerprint density at radius 2 is 2.15 bits per heavy atom. The molecule has 2 aromatic rings. The van der Waals surface area contributed by atoms with Gasteiger partial charge < -0.3 is 0 Å². The second-order valence-corrected chi connectivity index (χ2v) is 4.80. The Hall–Kier alpha value is -0.530. The minimum atomic E-state index is 0.943. The van der Waals surface area contributed by atoms with Crippen LogP contribution < -0.4 is 0 Å². The van der Waals surface area contributed by atoms with E-state index in [1.54, 1.807) is 11.3 Å². The quantitative estimate of drug-likeness (QED) is 0.654. The van der Waals surface area contributed by atoms with Crippen molar-refractivity contribution in [3.05, 3.63) is 33.7 Å². The molecule has 0 aliphatic heterocycles. The number of fused-ring (bicyclic) bond motifs is 1. The van der Waals surface area contributed by atoms with Gasteiger partial charge in [0.1, 0.15) is 0 Å². The molecule has 1 aromatic heterocycles. The van der Waals surface area contributed by atoms with Gasteiger partial charge in [-0.2, -0.15) is 0 Å². The van der Waals surface area contributed by atoms with Crippen molar-refractivity contribution in [2.75, 3.05) is 0 Å². The molecule has 2 heteroatoms. The molecule has 0 bridgehead atoms. The Labute approximate surface area is 87.2 Å². The standard InChI is InChI=1S/C11H11ClS/c1-3-8-4-5-9-6-7(2)13-11(9)10(8)12/h4-6H,3H2,1-2H3. The summed E-state index contributed by atoms with van der Waals surface area (Å²) in [7, 11) is 0. The molecular weight excluding hydrogens is 200 g/mol. The number of rotatable bonds is 1. The van der Waals surface area contributed by atoms with Crippen LogP contribution in [0, 0.1) is 6.92 Å². The van der Waals surface area contributed by atoms with Crippen molar-refractivity contribution in [2.24, 2.45) is 0 Å². The van der Waals surface area contributed by atoms with Gasteiger partial charge in [-0.05, 0) is 30.4 Å². The van der Waals surface area contributed by atoms with E-state index < -0.39 is 0 Å². The molecule has 2 rings (SSSR count). The summed E-state index contributed by atoms with van der Waals surface area (Å²) in [6.07, 6.45) is 1.01. The highest BCUT2D eigenvalue weighted by Gasteiger charge is 2.06. The lowest BCUT2D eigenvalue weighted by atomic mass is 10.1. The van der Waals surface area contributed by atoms with E-state index in [2.05, 4.69) is 32.0 Å². The third-order valence-electron chi connectivity index (χ3n) is 2.21. The van der Waals surface area contributed by atoms with E-state index in [0.717, 1.165) is 11.4 Å². The molecule has 0 radical (unpaired) electrons. The smallest absolute Gasteiger partial charge is 0.0616 e. The van der Waals surface area contributed by atoms with E-state index in [1.807, 2.05) is 0 Å². The molecule has 0 fully saturated rings.